The van der Waals surface area contributed by atoms with Crippen molar-refractivity contribution in [3.8, 4) is 5.75 Å². The standard InChI is InChI=1S/C12H16N2O3S/c15-18(16,14-9-5-6-9)12-4-2-1-3-11(12)17-10-7-13-8-10/h1-4,9-10,13-14H,5-8H2. The summed E-state index contributed by atoms with van der Waals surface area (Å²) in [6.07, 6.45) is 1.92. The molecule has 1 aliphatic heterocycles. The Kier molecular flexibility index (Phi) is 3.01. The smallest absolute Gasteiger partial charge is 0.244 e. The van der Waals surface area contributed by atoms with Crippen molar-refractivity contribution >= 4 is 10.0 Å². The molecule has 1 saturated carbocycles. The van der Waals surface area contributed by atoms with Crippen LogP contribution < -0.4 is 14.8 Å². The first-order valence-electron chi connectivity index (χ1n) is 6.14. The van der Waals surface area contributed by atoms with E-state index in [0.717, 1.165) is 25.9 Å². The van der Waals surface area contributed by atoms with E-state index in [9.17, 15) is 8.42 Å². The lowest BCUT2D eigenvalue weighted by molar-refractivity contribution is 0.138. The van der Waals surface area contributed by atoms with Crippen molar-refractivity contribution in [3.05, 3.63) is 24.3 Å². The Morgan fingerprint density at radius 1 is 1.22 bits per heavy atom. The molecule has 2 fully saturated rings. The van der Waals surface area contributed by atoms with Crippen LogP contribution in [0.2, 0.25) is 0 Å². The van der Waals surface area contributed by atoms with Gasteiger partial charge in [0.2, 0.25) is 10.0 Å². The van der Waals surface area contributed by atoms with Gasteiger partial charge in [0.15, 0.2) is 0 Å². The Morgan fingerprint density at radius 3 is 2.56 bits per heavy atom. The average Bonchev–Trinajstić information content (AvgIpc) is 3.07. The Balaban J connectivity index is 1.84. The van der Waals surface area contributed by atoms with Crippen LogP contribution in [0.15, 0.2) is 29.2 Å². The van der Waals surface area contributed by atoms with Gasteiger partial charge in [0.05, 0.1) is 0 Å². The normalized spacial score (nSPS) is 20.4. The van der Waals surface area contributed by atoms with Gasteiger partial charge in [-0.3, -0.25) is 0 Å². The van der Waals surface area contributed by atoms with E-state index in [1.54, 1.807) is 24.3 Å². The molecule has 6 heteroatoms. The summed E-state index contributed by atoms with van der Waals surface area (Å²) in [5.41, 5.74) is 0. The third-order valence-corrected chi connectivity index (χ3v) is 4.64. The largest absolute Gasteiger partial charge is 0.486 e. The fraction of sp³-hybridized carbons (Fsp3) is 0.500. The highest BCUT2D eigenvalue weighted by Gasteiger charge is 2.30. The fourth-order valence-electron chi connectivity index (χ4n) is 1.78. The molecule has 2 N–H and O–H groups in total. The Hall–Kier alpha value is -1.11. The summed E-state index contributed by atoms with van der Waals surface area (Å²) in [6, 6.07) is 6.91. The molecule has 0 spiro atoms. The molecule has 1 heterocycles. The molecule has 0 amide bonds. The van der Waals surface area contributed by atoms with Gasteiger partial charge >= 0.3 is 0 Å². The number of sulfonamides is 1. The van der Waals surface area contributed by atoms with Crippen molar-refractivity contribution in [1.29, 1.82) is 0 Å². The first-order chi connectivity index (χ1) is 8.65. The van der Waals surface area contributed by atoms with Gasteiger partial charge in [-0.15, -0.1) is 0 Å². The lowest BCUT2D eigenvalue weighted by atomic mass is 10.2. The van der Waals surface area contributed by atoms with Crippen molar-refractivity contribution in [2.75, 3.05) is 13.1 Å². The molecule has 0 atom stereocenters. The summed E-state index contributed by atoms with van der Waals surface area (Å²) in [5, 5.41) is 3.09. The van der Waals surface area contributed by atoms with Crippen molar-refractivity contribution in [2.45, 2.75) is 29.9 Å². The molecule has 18 heavy (non-hydrogen) atoms. The molecule has 1 aliphatic carbocycles. The van der Waals surface area contributed by atoms with Gasteiger partial charge in [-0.2, -0.15) is 0 Å². The molecule has 0 radical (unpaired) electrons. The van der Waals surface area contributed by atoms with Gasteiger partial charge in [0.25, 0.3) is 0 Å². The number of rotatable bonds is 5. The molecule has 1 aromatic rings. The minimum atomic E-state index is -3.45. The Labute approximate surface area is 107 Å². The predicted octanol–water partition coefficient (Wildman–Crippen LogP) is 0.478. The second-order valence-electron chi connectivity index (χ2n) is 4.74. The third kappa shape index (κ3) is 2.50. The first-order valence-corrected chi connectivity index (χ1v) is 7.62. The third-order valence-electron chi connectivity index (χ3n) is 3.08. The maximum Gasteiger partial charge on any atom is 0.244 e. The minimum Gasteiger partial charge on any atom is -0.486 e. The van der Waals surface area contributed by atoms with Crippen LogP contribution in [0, 0.1) is 0 Å². The van der Waals surface area contributed by atoms with E-state index in [1.165, 1.54) is 0 Å². The van der Waals surface area contributed by atoms with Crippen molar-refractivity contribution in [2.24, 2.45) is 0 Å². The van der Waals surface area contributed by atoms with Gasteiger partial charge in [-0.25, -0.2) is 13.1 Å². The van der Waals surface area contributed by atoms with Crippen LogP contribution in [0.4, 0.5) is 0 Å². The zero-order valence-electron chi connectivity index (χ0n) is 9.93. The van der Waals surface area contributed by atoms with Crippen LogP contribution in [0.5, 0.6) is 5.75 Å². The van der Waals surface area contributed by atoms with Crippen molar-refractivity contribution in [1.82, 2.24) is 10.0 Å². The molecule has 5 nitrogen and oxygen atoms in total. The molecule has 1 saturated heterocycles. The van der Waals surface area contributed by atoms with Crippen LogP contribution in [-0.4, -0.2) is 33.7 Å². The van der Waals surface area contributed by atoms with Gasteiger partial charge in [-0.05, 0) is 25.0 Å². The second kappa shape index (κ2) is 4.53. The topological polar surface area (TPSA) is 67.4 Å². The van der Waals surface area contributed by atoms with Crippen molar-refractivity contribution in [3.63, 3.8) is 0 Å². The van der Waals surface area contributed by atoms with Gasteiger partial charge in [-0.1, -0.05) is 12.1 Å². The quantitative estimate of drug-likeness (QED) is 0.815. The zero-order valence-corrected chi connectivity index (χ0v) is 10.7. The molecular weight excluding hydrogens is 252 g/mol. The maximum absolute atomic E-state index is 12.2. The van der Waals surface area contributed by atoms with E-state index in [2.05, 4.69) is 10.0 Å². The molecule has 0 aromatic heterocycles. The van der Waals surface area contributed by atoms with Crippen LogP contribution in [0.1, 0.15) is 12.8 Å². The average molecular weight is 268 g/mol. The minimum absolute atomic E-state index is 0.0716. The summed E-state index contributed by atoms with van der Waals surface area (Å²) < 4.78 is 32.7. The number of ether oxygens (including phenoxy) is 1. The van der Waals surface area contributed by atoms with E-state index >= 15 is 0 Å². The molecule has 2 aliphatic rings. The van der Waals surface area contributed by atoms with Gasteiger partial charge < -0.3 is 10.1 Å². The lowest BCUT2D eigenvalue weighted by Crippen LogP contribution is -2.50. The molecule has 1 aromatic carbocycles. The molecule has 98 valence electrons. The lowest BCUT2D eigenvalue weighted by Gasteiger charge is -2.28. The predicted molar refractivity (Wildman–Crippen MR) is 67.1 cm³/mol. The summed E-state index contributed by atoms with van der Waals surface area (Å²) >= 11 is 0. The molecule has 3 rings (SSSR count). The number of benzene rings is 1. The maximum atomic E-state index is 12.2. The number of hydrogen-bond acceptors (Lipinski definition) is 4. The summed E-state index contributed by atoms with van der Waals surface area (Å²) in [4.78, 5) is 0.240. The summed E-state index contributed by atoms with van der Waals surface area (Å²) in [5.74, 6) is 0.442. The van der Waals surface area contributed by atoms with Crippen LogP contribution in [0.25, 0.3) is 0 Å². The number of hydrogen-bond donors (Lipinski definition) is 2. The van der Waals surface area contributed by atoms with Gasteiger partial charge in [0.1, 0.15) is 16.7 Å². The molecular formula is C12H16N2O3S. The molecule has 0 bridgehead atoms. The van der Waals surface area contributed by atoms with Crippen LogP contribution >= 0.6 is 0 Å². The second-order valence-corrected chi connectivity index (χ2v) is 6.42. The van der Waals surface area contributed by atoms with Crippen molar-refractivity contribution < 1.29 is 13.2 Å². The monoisotopic (exact) mass is 268 g/mol. The number of para-hydroxylation sites is 1. The van der Waals surface area contributed by atoms with Crippen LogP contribution in [0.3, 0.4) is 0 Å². The van der Waals surface area contributed by atoms with Gasteiger partial charge in [0, 0.05) is 19.1 Å². The zero-order chi connectivity index (χ0) is 12.6. The van der Waals surface area contributed by atoms with Crippen LogP contribution in [-0.2, 0) is 10.0 Å². The van der Waals surface area contributed by atoms with E-state index in [-0.39, 0.29) is 17.0 Å². The fourth-order valence-corrected chi connectivity index (χ4v) is 3.22. The van der Waals surface area contributed by atoms with E-state index in [1.807, 2.05) is 0 Å². The van der Waals surface area contributed by atoms with E-state index in [4.69, 9.17) is 4.74 Å². The Bertz CT molecular complexity index is 536. The first kappa shape index (κ1) is 12.0. The highest BCUT2D eigenvalue weighted by Crippen LogP contribution is 2.28. The number of nitrogens with one attached hydrogen (secondary N) is 2. The SMILES string of the molecule is O=S(=O)(NC1CC1)c1ccccc1OC1CNC1. The molecule has 0 unspecified atom stereocenters. The Morgan fingerprint density at radius 2 is 1.94 bits per heavy atom. The highest BCUT2D eigenvalue weighted by molar-refractivity contribution is 7.89. The summed E-state index contributed by atoms with van der Waals surface area (Å²) in [6.45, 7) is 1.54. The van der Waals surface area contributed by atoms with E-state index in [0.29, 0.717) is 5.75 Å². The summed E-state index contributed by atoms with van der Waals surface area (Å²) in [7, 11) is -3.45. The highest BCUT2D eigenvalue weighted by atomic mass is 32.2. The van der Waals surface area contributed by atoms with E-state index < -0.39 is 10.0 Å².